The van der Waals surface area contributed by atoms with Gasteiger partial charge in [-0.05, 0) is 50.0 Å². The van der Waals surface area contributed by atoms with E-state index in [1.54, 1.807) is 0 Å². The van der Waals surface area contributed by atoms with E-state index in [9.17, 15) is 22.8 Å². The Balaban J connectivity index is 1.63. The molecule has 7 nitrogen and oxygen atoms in total. The van der Waals surface area contributed by atoms with Gasteiger partial charge in [0.15, 0.2) is 0 Å². The van der Waals surface area contributed by atoms with E-state index in [4.69, 9.17) is 0 Å². The molecule has 1 aromatic heterocycles. The maximum absolute atomic E-state index is 12.3. The van der Waals surface area contributed by atoms with Gasteiger partial charge in [0.2, 0.25) is 0 Å². The zero-order valence-corrected chi connectivity index (χ0v) is 17.7. The van der Waals surface area contributed by atoms with Crippen molar-refractivity contribution in [1.29, 1.82) is 0 Å². The monoisotopic (exact) mass is 448 g/mol. The summed E-state index contributed by atoms with van der Waals surface area (Å²) in [4.78, 5) is 26.5. The van der Waals surface area contributed by atoms with Crippen molar-refractivity contribution in [3.8, 4) is 5.75 Å². The Bertz CT molecular complexity index is 1110. The summed E-state index contributed by atoms with van der Waals surface area (Å²) < 4.78 is 42.4. The maximum Gasteiger partial charge on any atom is 0.573 e. The van der Waals surface area contributed by atoms with Gasteiger partial charge in [-0.25, -0.2) is 0 Å². The van der Waals surface area contributed by atoms with E-state index in [2.05, 4.69) is 15.4 Å². The normalized spacial score (nSPS) is 12.6. The number of likely N-dealkylation sites (N-methyl/N-ethyl adjacent to an activating group) is 1. The molecule has 1 heterocycles. The number of nitrogens with zero attached hydrogens (tertiary/aromatic N) is 2. The second kappa shape index (κ2) is 9.31. The molecule has 170 valence electrons. The summed E-state index contributed by atoms with van der Waals surface area (Å²) in [7, 11) is 5.70. The van der Waals surface area contributed by atoms with E-state index < -0.39 is 23.9 Å². The van der Waals surface area contributed by atoms with Crippen molar-refractivity contribution in [2.24, 2.45) is 7.05 Å². The number of ether oxygens (including phenoxy) is 1. The Kier molecular flexibility index (Phi) is 6.73. The molecule has 10 heteroatoms. The predicted molar refractivity (Wildman–Crippen MR) is 114 cm³/mol. The predicted octanol–water partition coefficient (Wildman–Crippen LogP) is 3.43. The highest BCUT2D eigenvalue weighted by Gasteiger charge is 2.31. The van der Waals surface area contributed by atoms with Gasteiger partial charge >= 0.3 is 18.2 Å². The molecule has 0 fully saturated rings. The number of aromatic nitrogens is 1. The van der Waals surface area contributed by atoms with Gasteiger partial charge in [-0.3, -0.25) is 9.59 Å². The van der Waals surface area contributed by atoms with E-state index in [0.29, 0.717) is 0 Å². The van der Waals surface area contributed by atoms with Crippen LogP contribution in [0.3, 0.4) is 0 Å². The lowest BCUT2D eigenvalue weighted by Gasteiger charge is -2.24. The fourth-order valence-electron chi connectivity index (χ4n) is 3.41. The highest BCUT2D eigenvalue weighted by Crippen LogP contribution is 2.28. The standard InChI is InChI=1S/C22H23F3N4O3/c1-28(2)19(17-13-29(3)18-7-5-4-6-16(17)18)12-26-20(30)21(31)27-14-8-10-15(11-9-14)32-22(23,24)25/h4-11,13,19H,12H2,1-3H3,(H,26,30)(H,27,31)/t19-/m0/s1. The number of nitrogens with one attached hydrogen (secondary N) is 2. The number of anilines is 1. The summed E-state index contributed by atoms with van der Waals surface area (Å²) >= 11 is 0. The first-order valence-corrected chi connectivity index (χ1v) is 9.70. The van der Waals surface area contributed by atoms with E-state index in [0.717, 1.165) is 28.6 Å². The van der Waals surface area contributed by atoms with Crippen molar-refractivity contribution in [1.82, 2.24) is 14.8 Å². The molecule has 0 aliphatic rings. The Morgan fingerprint density at radius 3 is 2.34 bits per heavy atom. The molecule has 2 aromatic carbocycles. The average molecular weight is 448 g/mol. The molecule has 0 spiro atoms. The number of alkyl halides is 3. The minimum Gasteiger partial charge on any atom is -0.406 e. The number of carbonyl (C=O) groups excluding carboxylic acids is 2. The summed E-state index contributed by atoms with van der Waals surface area (Å²) in [6, 6.07) is 12.2. The van der Waals surface area contributed by atoms with Gasteiger partial charge in [0, 0.05) is 36.4 Å². The molecule has 0 saturated carbocycles. The van der Waals surface area contributed by atoms with Crippen LogP contribution in [-0.2, 0) is 16.6 Å². The van der Waals surface area contributed by atoms with E-state index >= 15 is 0 Å². The van der Waals surface area contributed by atoms with Crippen molar-refractivity contribution in [2.75, 3.05) is 26.0 Å². The molecule has 3 aromatic rings. The smallest absolute Gasteiger partial charge is 0.406 e. The molecule has 0 saturated heterocycles. The number of benzene rings is 2. The SMILES string of the molecule is CN(C)[C@@H](CNC(=O)C(=O)Nc1ccc(OC(F)(F)F)cc1)c1cn(C)c2ccccc12. The lowest BCUT2D eigenvalue weighted by Crippen LogP contribution is -2.40. The Labute approximate surface area is 182 Å². The van der Waals surface area contributed by atoms with Crippen LogP contribution < -0.4 is 15.4 Å². The molecular weight excluding hydrogens is 425 g/mol. The minimum atomic E-state index is -4.81. The van der Waals surface area contributed by atoms with Gasteiger partial charge in [0.05, 0.1) is 6.04 Å². The van der Waals surface area contributed by atoms with Crippen molar-refractivity contribution in [2.45, 2.75) is 12.4 Å². The van der Waals surface area contributed by atoms with Crippen molar-refractivity contribution >= 4 is 28.4 Å². The number of amides is 2. The molecule has 0 aliphatic carbocycles. The lowest BCUT2D eigenvalue weighted by atomic mass is 10.0. The zero-order valence-electron chi connectivity index (χ0n) is 17.7. The van der Waals surface area contributed by atoms with Crippen LogP contribution in [0.1, 0.15) is 11.6 Å². The number of halogens is 3. The second-order valence-corrected chi connectivity index (χ2v) is 7.43. The van der Waals surface area contributed by atoms with Crippen LogP contribution in [0.15, 0.2) is 54.7 Å². The molecule has 0 unspecified atom stereocenters. The number of hydrogen-bond acceptors (Lipinski definition) is 4. The van der Waals surface area contributed by atoms with Crippen molar-refractivity contribution in [3.63, 3.8) is 0 Å². The first-order valence-electron chi connectivity index (χ1n) is 9.70. The lowest BCUT2D eigenvalue weighted by molar-refractivity contribution is -0.274. The number of carbonyl (C=O) groups is 2. The van der Waals surface area contributed by atoms with Gasteiger partial charge in [-0.15, -0.1) is 13.2 Å². The average Bonchev–Trinajstić information content (AvgIpc) is 3.05. The first kappa shape index (κ1) is 23.1. The second-order valence-electron chi connectivity index (χ2n) is 7.43. The van der Waals surface area contributed by atoms with Crippen LogP contribution in [0.25, 0.3) is 10.9 Å². The van der Waals surface area contributed by atoms with Crippen LogP contribution in [0, 0.1) is 0 Å². The quantitative estimate of drug-likeness (QED) is 0.567. The summed E-state index contributed by atoms with van der Waals surface area (Å²) in [5, 5.41) is 6.03. The number of hydrogen-bond donors (Lipinski definition) is 2. The molecule has 3 rings (SSSR count). The molecule has 32 heavy (non-hydrogen) atoms. The molecule has 2 N–H and O–H groups in total. The molecule has 0 bridgehead atoms. The Morgan fingerprint density at radius 1 is 1.06 bits per heavy atom. The van der Waals surface area contributed by atoms with Gasteiger partial charge in [0.25, 0.3) is 0 Å². The van der Waals surface area contributed by atoms with Gasteiger partial charge in [-0.2, -0.15) is 0 Å². The summed E-state index contributed by atoms with van der Waals surface area (Å²) in [6.45, 7) is 0.186. The van der Waals surface area contributed by atoms with Crippen LogP contribution >= 0.6 is 0 Å². The minimum absolute atomic E-state index is 0.165. The largest absolute Gasteiger partial charge is 0.573 e. The van der Waals surface area contributed by atoms with E-state index in [1.807, 2.05) is 61.1 Å². The van der Waals surface area contributed by atoms with Crippen LogP contribution in [0.2, 0.25) is 0 Å². The van der Waals surface area contributed by atoms with E-state index in [1.165, 1.54) is 12.1 Å². The summed E-state index contributed by atoms with van der Waals surface area (Å²) in [6.07, 6.45) is -2.82. The number of fused-ring (bicyclic) bond motifs is 1. The Morgan fingerprint density at radius 2 is 1.72 bits per heavy atom. The zero-order chi connectivity index (χ0) is 23.5. The van der Waals surface area contributed by atoms with Crippen molar-refractivity contribution < 1.29 is 27.5 Å². The number of para-hydroxylation sites is 1. The van der Waals surface area contributed by atoms with E-state index in [-0.39, 0.29) is 18.3 Å². The van der Waals surface area contributed by atoms with Crippen molar-refractivity contribution in [3.05, 3.63) is 60.3 Å². The third-order valence-electron chi connectivity index (χ3n) is 4.92. The highest BCUT2D eigenvalue weighted by molar-refractivity contribution is 6.39. The number of aryl methyl sites for hydroxylation is 1. The molecule has 0 aliphatic heterocycles. The van der Waals surface area contributed by atoms with Crippen LogP contribution in [0.4, 0.5) is 18.9 Å². The van der Waals surface area contributed by atoms with Gasteiger partial charge in [0.1, 0.15) is 5.75 Å². The first-order chi connectivity index (χ1) is 15.0. The summed E-state index contributed by atoms with van der Waals surface area (Å²) in [5.41, 5.74) is 2.23. The van der Waals surface area contributed by atoms with Gasteiger partial charge < -0.3 is 24.8 Å². The third kappa shape index (κ3) is 5.58. The molecular formula is C22H23F3N4O3. The van der Waals surface area contributed by atoms with Crippen LogP contribution in [0.5, 0.6) is 5.75 Å². The molecule has 2 amide bonds. The van der Waals surface area contributed by atoms with Gasteiger partial charge in [-0.1, -0.05) is 18.2 Å². The fraction of sp³-hybridized carbons (Fsp3) is 0.273. The molecule has 0 radical (unpaired) electrons. The molecule has 1 atom stereocenters. The fourth-order valence-corrected chi connectivity index (χ4v) is 3.41. The van der Waals surface area contributed by atoms with Crippen LogP contribution in [-0.4, -0.2) is 48.3 Å². The number of rotatable bonds is 6. The maximum atomic E-state index is 12.3. The highest BCUT2D eigenvalue weighted by atomic mass is 19.4. The third-order valence-corrected chi connectivity index (χ3v) is 4.92. The summed E-state index contributed by atoms with van der Waals surface area (Å²) in [5.74, 6) is -2.21. The Hall–Kier alpha value is -3.53. The topological polar surface area (TPSA) is 75.6 Å².